The first kappa shape index (κ1) is 31.4. The molecule has 2 unspecified atom stereocenters. The van der Waals surface area contributed by atoms with Gasteiger partial charge in [-0.3, -0.25) is 9.59 Å². The SMILES string of the molecule is CCCCCNC(=O)C(c1cc(C)cc(C)c1)N(CC#N)C(=O)C(Cc1ccccc1)NC(=O)OC(C)(C)C. The predicted molar refractivity (Wildman–Crippen MR) is 152 cm³/mol. The van der Waals surface area contributed by atoms with E-state index in [2.05, 4.69) is 23.6 Å². The van der Waals surface area contributed by atoms with Crippen molar-refractivity contribution in [1.29, 1.82) is 5.26 Å². The molecule has 3 amide bonds. The zero-order valence-electron chi connectivity index (χ0n) is 24.0. The second-order valence-corrected chi connectivity index (χ2v) is 10.8. The van der Waals surface area contributed by atoms with Gasteiger partial charge in [0.25, 0.3) is 0 Å². The molecule has 2 aromatic rings. The third-order valence-corrected chi connectivity index (χ3v) is 6.00. The molecule has 0 aliphatic heterocycles. The molecule has 2 aromatic carbocycles. The lowest BCUT2D eigenvalue weighted by Gasteiger charge is -2.33. The topological polar surface area (TPSA) is 112 Å². The maximum atomic E-state index is 14.1. The normalized spacial score (nSPS) is 12.5. The molecule has 0 radical (unpaired) electrons. The Hall–Kier alpha value is -3.86. The van der Waals surface area contributed by atoms with Crippen molar-refractivity contribution >= 4 is 17.9 Å². The Labute approximate surface area is 232 Å². The number of rotatable bonds is 12. The third kappa shape index (κ3) is 10.4. The highest BCUT2D eigenvalue weighted by Crippen LogP contribution is 2.25. The van der Waals surface area contributed by atoms with Crippen LogP contribution in [0.15, 0.2) is 48.5 Å². The molecule has 0 bridgehead atoms. The summed E-state index contributed by atoms with van der Waals surface area (Å²) >= 11 is 0. The zero-order valence-corrected chi connectivity index (χ0v) is 24.0. The molecule has 2 rings (SSSR count). The van der Waals surface area contributed by atoms with E-state index in [9.17, 15) is 19.6 Å². The number of amides is 3. The number of unbranched alkanes of at least 4 members (excludes halogenated alkanes) is 2. The summed E-state index contributed by atoms with van der Waals surface area (Å²) in [6.45, 7) is 11.3. The summed E-state index contributed by atoms with van der Waals surface area (Å²) in [5.41, 5.74) is 2.53. The van der Waals surface area contributed by atoms with E-state index in [-0.39, 0.29) is 18.9 Å². The number of nitrogens with zero attached hydrogens (tertiary/aromatic N) is 2. The molecule has 0 saturated heterocycles. The summed E-state index contributed by atoms with van der Waals surface area (Å²) in [6.07, 6.45) is 2.20. The third-order valence-electron chi connectivity index (χ3n) is 6.00. The number of nitrogens with one attached hydrogen (secondary N) is 2. The molecule has 0 saturated carbocycles. The standard InChI is InChI=1S/C31H42N4O4/c1-7-8-12-16-33-28(36)27(25-19-22(2)18-23(3)20-25)35(17-15-32)29(37)26(21-24-13-10-9-11-14-24)34-30(38)39-31(4,5)6/h9-11,13-14,18-20,26-27H,7-8,12,16-17,21H2,1-6H3,(H,33,36)(H,34,38). The molecule has 0 aromatic heterocycles. The fourth-order valence-electron chi connectivity index (χ4n) is 4.40. The van der Waals surface area contributed by atoms with Gasteiger partial charge >= 0.3 is 6.09 Å². The Morgan fingerprint density at radius 2 is 1.67 bits per heavy atom. The molecule has 210 valence electrons. The smallest absolute Gasteiger partial charge is 0.408 e. The van der Waals surface area contributed by atoms with Gasteiger partial charge in [-0.1, -0.05) is 79.4 Å². The fraction of sp³-hybridized carbons (Fsp3) is 0.484. The molecule has 0 spiro atoms. The average molecular weight is 535 g/mol. The molecular weight excluding hydrogens is 492 g/mol. The number of hydrogen-bond donors (Lipinski definition) is 2. The summed E-state index contributed by atoms with van der Waals surface area (Å²) in [7, 11) is 0. The summed E-state index contributed by atoms with van der Waals surface area (Å²) in [5, 5.41) is 15.4. The van der Waals surface area contributed by atoms with E-state index in [1.54, 1.807) is 20.8 Å². The molecular formula is C31H42N4O4. The van der Waals surface area contributed by atoms with Gasteiger partial charge in [0.2, 0.25) is 11.8 Å². The second kappa shape index (κ2) is 14.9. The molecule has 8 heteroatoms. The lowest BCUT2D eigenvalue weighted by atomic mass is 9.97. The number of hydrogen-bond acceptors (Lipinski definition) is 5. The van der Waals surface area contributed by atoms with Crippen molar-refractivity contribution in [3.63, 3.8) is 0 Å². The first-order valence-corrected chi connectivity index (χ1v) is 13.5. The first-order valence-electron chi connectivity index (χ1n) is 13.5. The van der Waals surface area contributed by atoms with Crippen LogP contribution >= 0.6 is 0 Å². The van der Waals surface area contributed by atoms with Crippen LogP contribution in [-0.2, 0) is 20.7 Å². The Balaban J connectivity index is 2.51. The molecule has 2 N–H and O–H groups in total. The number of carbonyl (C=O) groups is 3. The Morgan fingerprint density at radius 3 is 2.23 bits per heavy atom. The summed E-state index contributed by atoms with van der Waals surface area (Å²) in [6, 6.07) is 14.9. The van der Waals surface area contributed by atoms with Gasteiger partial charge in [-0.05, 0) is 52.2 Å². The maximum Gasteiger partial charge on any atom is 0.408 e. The minimum Gasteiger partial charge on any atom is -0.444 e. The fourth-order valence-corrected chi connectivity index (χ4v) is 4.40. The molecule has 0 aliphatic carbocycles. The van der Waals surface area contributed by atoms with Gasteiger partial charge < -0.3 is 20.3 Å². The van der Waals surface area contributed by atoms with Crippen LogP contribution in [0, 0.1) is 25.2 Å². The highest BCUT2D eigenvalue weighted by atomic mass is 16.6. The molecule has 0 aliphatic rings. The van der Waals surface area contributed by atoms with Crippen molar-refractivity contribution in [2.75, 3.05) is 13.1 Å². The van der Waals surface area contributed by atoms with Gasteiger partial charge in [-0.2, -0.15) is 5.26 Å². The van der Waals surface area contributed by atoms with Crippen molar-refractivity contribution in [2.24, 2.45) is 0 Å². The van der Waals surface area contributed by atoms with Crippen LogP contribution in [0.5, 0.6) is 0 Å². The summed E-state index contributed by atoms with van der Waals surface area (Å²) < 4.78 is 5.43. The highest BCUT2D eigenvalue weighted by molar-refractivity contribution is 5.92. The minimum absolute atomic E-state index is 0.165. The first-order chi connectivity index (χ1) is 18.4. The molecule has 8 nitrogen and oxygen atoms in total. The van der Waals surface area contributed by atoms with Crippen LogP contribution in [0.2, 0.25) is 0 Å². The van der Waals surface area contributed by atoms with Crippen molar-refractivity contribution in [3.05, 3.63) is 70.8 Å². The van der Waals surface area contributed by atoms with Gasteiger partial charge in [0.05, 0.1) is 6.07 Å². The van der Waals surface area contributed by atoms with Crippen molar-refractivity contribution in [3.8, 4) is 6.07 Å². The average Bonchev–Trinajstić information content (AvgIpc) is 2.84. The lowest BCUT2D eigenvalue weighted by Crippen LogP contribution is -2.54. The largest absolute Gasteiger partial charge is 0.444 e. The van der Waals surface area contributed by atoms with Gasteiger partial charge in [-0.25, -0.2) is 4.79 Å². The minimum atomic E-state index is -1.06. The summed E-state index contributed by atoms with van der Waals surface area (Å²) in [5.74, 6) is -0.908. The van der Waals surface area contributed by atoms with Gasteiger partial charge in [0.1, 0.15) is 24.2 Å². The van der Waals surface area contributed by atoms with E-state index in [1.807, 2.05) is 62.4 Å². The summed E-state index contributed by atoms with van der Waals surface area (Å²) in [4.78, 5) is 41.8. The molecule has 0 fully saturated rings. The molecule has 2 atom stereocenters. The number of ether oxygens (including phenoxy) is 1. The van der Waals surface area contributed by atoms with Crippen molar-refractivity contribution in [2.45, 2.75) is 84.9 Å². The number of aryl methyl sites for hydroxylation is 2. The lowest BCUT2D eigenvalue weighted by molar-refractivity contribution is -0.141. The predicted octanol–water partition coefficient (Wildman–Crippen LogP) is 5.14. The quantitative estimate of drug-likeness (QED) is 0.289. The van der Waals surface area contributed by atoms with E-state index < -0.39 is 29.7 Å². The van der Waals surface area contributed by atoms with E-state index in [0.29, 0.717) is 12.1 Å². The van der Waals surface area contributed by atoms with E-state index in [0.717, 1.165) is 36.0 Å². The number of nitriles is 1. The van der Waals surface area contributed by atoms with Gasteiger partial charge in [-0.15, -0.1) is 0 Å². The van der Waals surface area contributed by atoms with Crippen LogP contribution in [0.1, 0.15) is 75.3 Å². The highest BCUT2D eigenvalue weighted by Gasteiger charge is 2.36. The number of benzene rings is 2. The second-order valence-electron chi connectivity index (χ2n) is 10.8. The molecule has 0 heterocycles. The van der Waals surface area contributed by atoms with E-state index in [1.165, 1.54) is 4.90 Å². The van der Waals surface area contributed by atoms with Gasteiger partial charge in [0, 0.05) is 13.0 Å². The Kier molecular flexibility index (Phi) is 12.0. The number of alkyl carbamates (subject to hydrolysis) is 1. The Bertz CT molecular complexity index is 1130. The van der Waals surface area contributed by atoms with Gasteiger partial charge in [0.15, 0.2) is 0 Å². The van der Waals surface area contributed by atoms with Crippen molar-refractivity contribution < 1.29 is 19.1 Å². The monoisotopic (exact) mass is 534 g/mol. The van der Waals surface area contributed by atoms with Crippen LogP contribution < -0.4 is 10.6 Å². The van der Waals surface area contributed by atoms with E-state index >= 15 is 0 Å². The van der Waals surface area contributed by atoms with Crippen LogP contribution in [-0.4, -0.2) is 47.5 Å². The van der Waals surface area contributed by atoms with E-state index in [4.69, 9.17) is 4.74 Å². The van der Waals surface area contributed by atoms with Crippen LogP contribution in [0.4, 0.5) is 4.79 Å². The zero-order chi connectivity index (χ0) is 29.0. The van der Waals surface area contributed by atoms with Crippen LogP contribution in [0.3, 0.4) is 0 Å². The van der Waals surface area contributed by atoms with Crippen molar-refractivity contribution in [1.82, 2.24) is 15.5 Å². The Morgan fingerprint density at radius 1 is 1.03 bits per heavy atom. The molecule has 39 heavy (non-hydrogen) atoms. The number of carbonyl (C=O) groups excluding carboxylic acids is 3. The van der Waals surface area contributed by atoms with Crippen LogP contribution in [0.25, 0.3) is 0 Å². The maximum absolute atomic E-state index is 14.1.